The van der Waals surface area contributed by atoms with E-state index in [9.17, 15) is 0 Å². The lowest BCUT2D eigenvalue weighted by Gasteiger charge is -2.14. The van der Waals surface area contributed by atoms with Gasteiger partial charge in [-0.2, -0.15) is 4.57 Å². The molecule has 2 heterocycles. The van der Waals surface area contributed by atoms with Crippen molar-refractivity contribution in [3.05, 3.63) is 182 Å². The molecule has 4 heteroatoms. The summed E-state index contributed by atoms with van der Waals surface area (Å²) in [6.45, 7) is 0. The summed E-state index contributed by atoms with van der Waals surface area (Å²) in [6, 6.07) is 62.6. The van der Waals surface area contributed by atoms with Crippen molar-refractivity contribution in [3.63, 3.8) is 0 Å². The zero-order chi connectivity index (χ0) is 33.7. The Balaban J connectivity index is 1.23. The molecule has 8 aromatic carbocycles. The van der Waals surface area contributed by atoms with Crippen LogP contribution in [0, 0.1) is 0 Å². The molecule has 0 aliphatic heterocycles. The maximum Gasteiger partial charge on any atom is 0.307 e. The third-order valence-corrected chi connectivity index (χ3v) is 11.1. The number of thiophene rings is 1. The molecule has 0 saturated heterocycles. The molecule has 0 unspecified atom stereocenters. The molecule has 51 heavy (non-hydrogen) atoms. The van der Waals surface area contributed by atoms with Gasteiger partial charge in [0.25, 0.3) is 5.82 Å². The van der Waals surface area contributed by atoms with Gasteiger partial charge in [-0.3, -0.25) is 0 Å². The van der Waals surface area contributed by atoms with Crippen LogP contribution in [0.1, 0.15) is 0 Å². The van der Waals surface area contributed by atoms with Gasteiger partial charge in [-0.1, -0.05) is 156 Å². The average molecular weight is 669 g/mol. The molecule has 3 nitrogen and oxygen atoms in total. The van der Waals surface area contributed by atoms with E-state index in [1.807, 2.05) is 23.7 Å². The number of aromatic nitrogens is 3. The summed E-state index contributed by atoms with van der Waals surface area (Å²) >= 11 is 1.82. The lowest BCUT2D eigenvalue weighted by atomic mass is 9.91. The molecule has 0 aliphatic carbocycles. The second-order valence-electron chi connectivity index (χ2n) is 12.8. The number of benzene rings is 8. The van der Waals surface area contributed by atoms with Gasteiger partial charge in [-0.15, -0.1) is 11.3 Å². The number of nitrogens with zero attached hydrogens (tertiary/aromatic N) is 3. The zero-order valence-electron chi connectivity index (χ0n) is 27.6. The highest BCUT2D eigenvalue weighted by molar-refractivity contribution is 7.26. The smallest absolute Gasteiger partial charge is 0.197 e. The lowest BCUT2D eigenvalue weighted by Crippen LogP contribution is -2.35. The quantitative estimate of drug-likeness (QED) is 0.171. The van der Waals surface area contributed by atoms with Crippen molar-refractivity contribution in [1.29, 1.82) is 0 Å². The van der Waals surface area contributed by atoms with E-state index in [1.54, 1.807) is 0 Å². The van der Waals surface area contributed by atoms with Crippen molar-refractivity contribution in [2.24, 2.45) is 0 Å². The molecule has 10 aromatic rings. The summed E-state index contributed by atoms with van der Waals surface area (Å²) in [4.78, 5) is 10.5. The van der Waals surface area contributed by atoms with Gasteiger partial charge in [0.15, 0.2) is 0 Å². The standard InChI is InChI=1S/C47H30N3S/c1-2-13-31(14-3-1)33-17-10-18-34(29-33)46-48-30-50(43-25-12-24-41-40-22-8-9-26-44(40)51-45(41)43)47(49-46)42-28-27-39(37-20-6-7-21-38(37)42)36-23-11-16-32-15-4-5-19-35(32)36/h1-30H/q+1. The second-order valence-corrected chi connectivity index (χ2v) is 13.9. The minimum Gasteiger partial charge on any atom is -0.197 e. The Morgan fingerprint density at radius 1 is 0.431 bits per heavy atom. The van der Waals surface area contributed by atoms with Crippen LogP contribution in [0.15, 0.2) is 182 Å². The highest BCUT2D eigenvalue weighted by Crippen LogP contribution is 2.40. The molecule has 0 spiro atoms. The Labute approximate surface area is 299 Å². The van der Waals surface area contributed by atoms with E-state index in [4.69, 9.17) is 9.97 Å². The van der Waals surface area contributed by atoms with Gasteiger partial charge < -0.3 is 0 Å². The van der Waals surface area contributed by atoms with Gasteiger partial charge in [-0.25, -0.2) is 0 Å². The first kappa shape index (κ1) is 29.4. The van der Waals surface area contributed by atoms with E-state index in [0.29, 0.717) is 5.82 Å². The Hall–Kier alpha value is -6.49. The maximum atomic E-state index is 5.44. The summed E-state index contributed by atoms with van der Waals surface area (Å²) in [5.41, 5.74) is 7.81. The Morgan fingerprint density at radius 3 is 1.92 bits per heavy atom. The monoisotopic (exact) mass is 668 g/mol. The van der Waals surface area contributed by atoms with Crippen LogP contribution < -0.4 is 4.57 Å². The van der Waals surface area contributed by atoms with E-state index >= 15 is 0 Å². The van der Waals surface area contributed by atoms with Gasteiger partial charge in [0.05, 0.1) is 15.8 Å². The van der Waals surface area contributed by atoms with E-state index in [1.165, 1.54) is 47.5 Å². The predicted molar refractivity (Wildman–Crippen MR) is 213 cm³/mol. The molecule has 0 aliphatic rings. The number of fused-ring (bicyclic) bond motifs is 5. The molecule has 238 valence electrons. The molecular formula is C47H30N3S+. The minimum atomic E-state index is 0.685. The lowest BCUT2D eigenvalue weighted by molar-refractivity contribution is -0.588. The normalized spacial score (nSPS) is 11.5. The van der Waals surface area contributed by atoms with Crippen molar-refractivity contribution >= 4 is 53.1 Å². The van der Waals surface area contributed by atoms with Crippen LogP contribution in [0.5, 0.6) is 0 Å². The summed E-state index contributed by atoms with van der Waals surface area (Å²) in [5.74, 6) is 1.53. The van der Waals surface area contributed by atoms with Crippen LogP contribution in [0.4, 0.5) is 0 Å². The Morgan fingerprint density at radius 2 is 1.04 bits per heavy atom. The van der Waals surface area contributed by atoms with Crippen LogP contribution in [0.2, 0.25) is 0 Å². The number of rotatable bonds is 5. The highest BCUT2D eigenvalue weighted by Gasteiger charge is 2.25. The molecule has 0 saturated carbocycles. The van der Waals surface area contributed by atoms with Crippen LogP contribution in [0.25, 0.3) is 92.4 Å². The molecule has 0 radical (unpaired) electrons. The van der Waals surface area contributed by atoms with Gasteiger partial charge >= 0.3 is 5.82 Å². The third kappa shape index (κ3) is 5.00. The SMILES string of the molecule is c1ccc(-c2cccc(-c3nc[n+](-c4cccc5c4sc4ccccc45)c(-c4ccc(-c5cccc6ccccc56)c5ccccc45)n3)c2)cc1. The van der Waals surface area contributed by atoms with Crippen molar-refractivity contribution < 1.29 is 4.57 Å². The number of hydrogen-bond acceptors (Lipinski definition) is 3. The molecule has 0 amide bonds. The van der Waals surface area contributed by atoms with Crippen LogP contribution >= 0.6 is 11.3 Å². The van der Waals surface area contributed by atoms with Crippen molar-refractivity contribution in [2.45, 2.75) is 0 Å². The van der Waals surface area contributed by atoms with E-state index < -0.39 is 0 Å². The molecular weight excluding hydrogens is 639 g/mol. The summed E-state index contributed by atoms with van der Waals surface area (Å²) < 4.78 is 4.66. The Kier molecular flexibility index (Phi) is 7.00. The first-order valence-electron chi connectivity index (χ1n) is 17.2. The fourth-order valence-corrected chi connectivity index (χ4v) is 8.65. The fourth-order valence-electron chi connectivity index (χ4n) is 7.44. The maximum absolute atomic E-state index is 5.44. The van der Waals surface area contributed by atoms with Gasteiger partial charge in [0.2, 0.25) is 6.33 Å². The minimum absolute atomic E-state index is 0.685. The molecule has 2 aromatic heterocycles. The topological polar surface area (TPSA) is 29.7 Å². The van der Waals surface area contributed by atoms with Crippen molar-refractivity contribution in [3.8, 4) is 50.7 Å². The highest BCUT2D eigenvalue weighted by atomic mass is 32.1. The predicted octanol–water partition coefficient (Wildman–Crippen LogP) is 12.1. The molecule has 0 fully saturated rings. The summed E-state index contributed by atoms with van der Waals surface area (Å²) in [6.07, 6.45) is 1.96. The third-order valence-electron chi connectivity index (χ3n) is 9.85. The van der Waals surface area contributed by atoms with Crippen LogP contribution in [-0.2, 0) is 0 Å². The van der Waals surface area contributed by atoms with Gasteiger partial charge in [0.1, 0.15) is 5.69 Å². The second kappa shape index (κ2) is 12.1. The van der Waals surface area contributed by atoms with Crippen molar-refractivity contribution in [2.75, 3.05) is 0 Å². The van der Waals surface area contributed by atoms with Crippen molar-refractivity contribution in [1.82, 2.24) is 9.97 Å². The first-order valence-corrected chi connectivity index (χ1v) is 18.0. The fraction of sp³-hybridized carbons (Fsp3) is 0. The molecule has 0 atom stereocenters. The van der Waals surface area contributed by atoms with Gasteiger partial charge in [0, 0.05) is 15.5 Å². The molecule has 10 rings (SSSR count). The largest absolute Gasteiger partial charge is 0.307 e. The Bertz CT molecular complexity index is 2920. The summed E-state index contributed by atoms with van der Waals surface area (Å²) in [5, 5.41) is 7.30. The van der Waals surface area contributed by atoms with E-state index in [-0.39, 0.29) is 0 Å². The molecule has 0 bridgehead atoms. The van der Waals surface area contributed by atoms with E-state index in [0.717, 1.165) is 39.2 Å². The number of hydrogen-bond donors (Lipinski definition) is 0. The first-order chi connectivity index (χ1) is 25.3. The van der Waals surface area contributed by atoms with Crippen LogP contribution in [0.3, 0.4) is 0 Å². The summed E-state index contributed by atoms with van der Waals surface area (Å²) in [7, 11) is 0. The molecule has 0 N–H and O–H groups in total. The zero-order valence-corrected chi connectivity index (χ0v) is 28.4. The van der Waals surface area contributed by atoms with Crippen LogP contribution in [-0.4, -0.2) is 9.97 Å². The van der Waals surface area contributed by atoms with Gasteiger partial charge in [-0.05, 0) is 74.1 Å². The van der Waals surface area contributed by atoms with E-state index in [2.05, 4.69) is 174 Å². The average Bonchev–Trinajstić information content (AvgIpc) is 3.60.